The Morgan fingerprint density at radius 3 is 2.02 bits per heavy atom. The molecule has 2 aromatic rings. The van der Waals surface area contributed by atoms with Crippen molar-refractivity contribution in [3.8, 4) is 5.75 Å². The summed E-state index contributed by atoms with van der Waals surface area (Å²) in [6.45, 7) is 3.57. The van der Waals surface area contributed by atoms with E-state index in [-0.39, 0.29) is 24.9 Å². The van der Waals surface area contributed by atoms with Gasteiger partial charge in [0, 0.05) is 57.1 Å². The second-order valence-electron chi connectivity index (χ2n) is 11.9. The van der Waals surface area contributed by atoms with Crippen LogP contribution in [0.3, 0.4) is 0 Å². The maximum absolute atomic E-state index is 14.1. The number of aryl methyl sites for hydroxylation is 1. The lowest BCUT2D eigenvalue weighted by atomic mass is 9.82. The lowest BCUT2D eigenvalue weighted by Crippen LogP contribution is -2.57. The first-order chi connectivity index (χ1) is 20.5. The van der Waals surface area contributed by atoms with Crippen LogP contribution in [0.4, 0.5) is 32.0 Å². The number of anilines is 1. The summed E-state index contributed by atoms with van der Waals surface area (Å²) in [4.78, 5) is 30.2. The van der Waals surface area contributed by atoms with Crippen molar-refractivity contribution in [2.75, 3.05) is 45.2 Å². The number of ether oxygens (including phenoxy) is 1. The molecule has 2 aliphatic heterocycles. The number of nitrogens with zero attached hydrogens (tertiary/aromatic N) is 3. The van der Waals surface area contributed by atoms with Gasteiger partial charge >= 0.3 is 12.5 Å². The largest absolute Gasteiger partial charge is 0.573 e. The minimum absolute atomic E-state index is 0.00320. The minimum atomic E-state index is -5.48. The Bertz CT molecular complexity index is 1330. The molecule has 242 valence electrons. The molecule has 2 aliphatic rings. The SMILES string of the molecule is Cc1cc(N2CCC(CC3CCN(C(=O)C(O)(c4cccc(OC(F)(F)F)c4)C(F)(F)F)CC3)CC2)ccc1C(=O)N(C)C. The molecule has 2 aromatic carbocycles. The van der Waals surface area contributed by atoms with Gasteiger partial charge in [0.2, 0.25) is 0 Å². The number of rotatable bonds is 7. The Balaban J connectivity index is 1.33. The summed E-state index contributed by atoms with van der Waals surface area (Å²) in [5.41, 5.74) is -2.44. The average Bonchev–Trinajstić information content (AvgIpc) is 2.95. The molecule has 1 N–H and O–H groups in total. The smallest absolute Gasteiger partial charge is 0.406 e. The van der Waals surface area contributed by atoms with Gasteiger partial charge in [0.05, 0.1) is 0 Å². The van der Waals surface area contributed by atoms with Crippen LogP contribution in [-0.2, 0) is 10.4 Å². The third-order valence-electron chi connectivity index (χ3n) is 8.60. The Kier molecular flexibility index (Phi) is 9.77. The summed E-state index contributed by atoms with van der Waals surface area (Å²) in [6, 6.07) is 8.62. The molecule has 13 heteroatoms. The van der Waals surface area contributed by atoms with Crippen LogP contribution in [-0.4, -0.2) is 79.5 Å². The van der Waals surface area contributed by atoms with Crippen LogP contribution < -0.4 is 9.64 Å². The summed E-state index contributed by atoms with van der Waals surface area (Å²) in [6.07, 6.45) is -7.00. The lowest BCUT2D eigenvalue weighted by molar-refractivity contribution is -0.274. The zero-order chi connectivity index (χ0) is 32.4. The van der Waals surface area contributed by atoms with Gasteiger partial charge < -0.3 is 24.5 Å². The molecular weight excluding hydrogens is 592 g/mol. The standard InChI is InChI=1S/C31H37F6N3O4/c1-20-17-24(7-8-26(20)27(41)38(2)3)39-13-9-21(10-14-39)18-22-11-15-40(16-12-22)28(42)29(43,30(32,33)34)23-5-4-6-25(19-23)44-31(35,36)37/h4-8,17,19,21-22,43H,9-16,18H2,1-3H3. The number of carbonyl (C=O) groups is 2. The van der Waals surface area contributed by atoms with Gasteiger partial charge in [-0.2, -0.15) is 13.2 Å². The van der Waals surface area contributed by atoms with Gasteiger partial charge in [-0.15, -0.1) is 13.2 Å². The van der Waals surface area contributed by atoms with E-state index in [1.807, 2.05) is 25.1 Å². The summed E-state index contributed by atoms with van der Waals surface area (Å²) in [5, 5.41) is 10.7. The first kappa shape index (κ1) is 33.4. The maximum Gasteiger partial charge on any atom is 0.573 e. The number of carbonyl (C=O) groups excluding carboxylic acids is 2. The highest BCUT2D eigenvalue weighted by Crippen LogP contribution is 2.43. The third kappa shape index (κ3) is 7.41. The molecular formula is C31H37F6N3O4. The molecule has 0 spiro atoms. The number of hydrogen-bond donors (Lipinski definition) is 1. The number of amides is 2. The molecule has 0 aromatic heterocycles. The topological polar surface area (TPSA) is 73.3 Å². The summed E-state index contributed by atoms with van der Waals surface area (Å²) in [7, 11) is 3.43. The molecule has 7 nitrogen and oxygen atoms in total. The third-order valence-corrected chi connectivity index (χ3v) is 8.60. The summed E-state index contributed by atoms with van der Waals surface area (Å²) >= 11 is 0. The van der Waals surface area contributed by atoms with Crippen molar-refractivity contribution >= 4 is 17.5 Å². The Morgan fingerprint density at radius 1 is 0.909 bits per heavy atom. The molecule has 0 radical (unpaired) electrons. The van der Waals surface area contributed by atoms with Gasteiger partial charge in [-0.25, -0.2) is 0 Å². The molecule has 0 aliphatic carbocycles. The fourth-order valence-corrected chi connectivity index (χ4v) is 6.15. The van der Waals surface area contributed by atoms with E-state index in [0.29, 0.717) is 30.4 Å². The number of halogens is 6. The van der Waals surface area contributed by atoms with Crippen LogP contribution in [0.5, 0.6) is 5.75 Å². The minimum Gasteiger partial charge on any atom is -0.406 e. The highest BCUT2D eigenvalue weighted by atomic mass is 19.4. The molecule has 2 heterocycles. The molecule has 2 amide bonds. The fraction of sp³-hybridized carbons (Fsp3) is 0.548. The van der Waals surface area contributed by atoms with Gasteiger partial charge in [-0.3, -0.25) is 9.59 Å². The number of piperidine rings is 2. The predicted octanol–water partition coefficient (Wildman–Crippen LogP) is 5.89. The van der Waals surface area contributed by atoms with Crippen LogP contribution in [0, 0.1) is 18.8 Å². The van der Waals surface area contributed by atoms with Crippen molar-refractivity contribution in [3.63, 3.8) is 0 Å². The van der Waals surface area contributed by atoms with Crippen molar-refractivity contribution in [1.29, 1.82) is 0 Å². The van der Waals surface area contributed by atoms with Crippen molar-refractivity contribution in [3.05, 3.63) is 59.2 Å². The molecule has 4 rings (SSSR count). The van der Waals surface area contributed by atoms with Gasteiger partial charge in [-0.05, 0) is 86.8 Å². The highest BCUT2D eigenvalue weighted by Gasteiger charge is 2.62. The van der Waals surface area contributed by atoms with E-state index in [1.165, 1.54) is 0 Å². The first-order valence-electron chi connectivity index (χ1n) is 14.5. The van der Waals surface area contributed by atoms with Crippen LogP contribution in [0.25, 0.3) is 0 Å². The van der Waals surface area contributed by atoms with Gasteiger partial charge in [0.25, 0.3) is 17.4 Å². The number of alkyl halides is 6. The van der Waals surface area contributed by atoms with Gasteiger partial charge in [-0.1, -0.05) is 12.1 Å². The lowest BCUT2D eigenvalue weighted by Gasteiger charge is -2.40. The molecule has 2 saturated heterocycles. The van der Waals surface area contributed by atoms with Crippen molar-refractivity contribution in [2.24, 2.45) is 11.8 Å². The molecule has 44 heavy (non-hydrogen) atoms. The van der Waals surface area contributed by atoms with Gasteiger partial charge in [0.1, 0.15) is 5.75 Å². The van der Waals surface area contributed by atoms with Crippen LogP contribution in [0.15, 0.2) is 42.5 Å². The van der Waals surface area contributed by atoms with Crippen LogP contribution in [0.1, 0.15) is 53.6 Å². The van der Waals surface area contributed by atoms with E-state index < -0.39 is 35.4 Å². The molecule has 0 saturated carbocycles. The first-order valence-corrected chi connectivity index (χ1v) is 14.5. The number of aliphatic hydroxyl groups is 1. The zero-order valence-electron chi connectivity index (χ0n) is 24.8. The van der Waals surface area contributed by atoms with E-state index in [9.17, 15) is 41.0 Å². The highest BCUT2D eigenvalue weighted by molar-refractivity contribution is 5.95. The number of hydrogen-bond acceptors (Lipinski definition) is 5. The van der Waals surface area contributed by atoms with E-state index in [1.54, 1.807) is 19.0 Å². The monoisotopic (exact) mass is 629 g/mol. The van der Waals surface area contributed by atoms with Crippen molar-refractivity contribution in [1.82, 2.24) is 9.80 Å². The Hall–Kier alpha value is -3.48. The van der Waals surface area contributed by atoms with Crippen LogP contribution >= 0.6 is 0 Å². The second kappa shape index (κ2) is 12.9. The van der Waals surface area contributed by atoms with E-state index in [4.69, 9.17) is 0 Å². The predicted molar refractivity (Wildman–Crippen MR) is 151 cm³/mol. The quantitative estimate of drug-likeness (QED) is 0.387. The Morgan fingerprint density at radius 2 is 1.50 bits per heavy atom. The second-order valence-corrected chi connectivity index (χ2v) is 11.9. The normalized spacial score (nSPS) is 18.6. The van der Waals surface area contributed by atoms with Crippen molar-refractivity contribution < 1.29 is 45.8 Å². The zero-order valence-corrected chi connectivity index (χ0v) is 24.8. The van der Waals surface area contributed by atoms with Crippen LogP contribution in [0.2, 0.25) is 0 Å². The van der Waals surface area contributed by atoms with E-state index >= 15 is 0 Å². The molecule has 1 atom stereocenters. The average molecular weight is 630 g/mol. The van der Waals surface area contributed by atoms with Crippen molar-refractivity contribution in [2.45, 2.75) is 57.2 Å². The molecule has 0 bridgehead atoms. The maximum atomic E-state index is 14.1. The summed E-state index contributed by atoms with van der Waals surface area (Å²) in [5.74, 6) is -2.03. The number of benzene rings is 2. The van der Waals surface area contributed by atoms with E-state index in [2.05, 4.69) is 9.64 Å². The summed E-state index contributed by atoms with van der Waals surface area (Å²) < 4.78 is 84.0. The molecule has 1 unspecified atom stereocenters. The Labute approximate surface area is 252 Å². The van der Waals surface area contributed by atoms with Gasteiger partial charge in [0.15, 0.2) is 0 Å². The molecule has 2 fully saturated rings. The van der Waals surface area contributed by atoms with E-state index in [0.717, 1.165) is 66.7 Å². The fourth-order valence-electron chi connectivity index (χ4n) is 6.15. The number of likely N-dealkylation sites (tertiary alicyclic amines) is 1.